The molecule has 3 aromatic rings. The van der Waals surface area contributed by atoms with E-state index in [4.69, 9.17) is 14.3 Å². The molecule has 3 aromatic carbocycles. The predicted molar refractivity (Wildman–Crippen MR) is 142 cm³/mol. The quantitative estimate of drug-likeness (QED) is 0.249. The van der Waals surface area contributed by atoms with E-state index in [9.17, 15) is 14.4 Å². The fraction of sp³-hybridized carbons (Fsp3) is 0.300. The molecule has 1 unspecified atom stereocenters. The number of hydrogen-bond acceptors (Lipinski definition) is 8. The number of aryl methyl sites for hydroxylation is 1. The minimum Gasteiger partial charge on any atom is -0.497 e. The molecule has 1 aliphatic heterocycles. The lowest BCUT2D eigenvalue weighted by atomic mass is 9.71. The number of hydrogen-bond donors (Lipinski definition) is 1. The largest absolute Gasteiger partial charge is 0.497 e. The first-order valence-electron chi connectivity index (χ1n) is 12.6. The highest BCUT2D eigenvalue weighted by Gasteiger charge is 2.42. The van der Waals surface area contributed by atoms with E-state index in [-0.39, 0.29) is 12.4 Å². The van der Waals surface area contributed by atoms with E-state index in [1.807, 2.05) is 60.7 Å². The fourth-order valence-corrected chi connectivity index (χ4v) is 4.56. The number of rotatable bonds is 10. The van der Waals surface area contributed by atoms with Crippen molar-refractivity contribution in [2.24, 2.45) is 0 Å². The van der Waals surface area contributed by atoms with Crippen LogP contribution >= 0.6 is 0 Å². The lowest BCUT2D eigenvalue weighted by Crippen LogP contribution is -2.46. The molecule has 8 nitrogen and oxygen atoms in total. The molecule has 198 valence electrons. The van der Waals surface area contributed by atoms with Gasteiger partial charge in [-0.2, -0.15) is 0 Å². The predicted octanol–water partition coefficient (Wildman–Crippen LogP) is 3.36. The van der Waals surface area contributed by atoms with Crippen molar-refractivity contribution < 1.29 is 28.7 Å². The van der Waals surface area contributed by atoms with Crippen LogP contribution in [0, 0.1) is 0 Å². The Morgan fingerprint density at radius 3 is 2.24 bits per heavy atom. The lowest BCUT2D eigenvalue weighted by Gasteiger charge is -2.33. The maximum atomic E-state index is 14.2. The Balaban J connectivity index is 1.63. The first-order chi connectivity index (χ1) is 18.5. The van der Waals surface area contributed by atoms with Gasteiger partial charge in [0.05, 0.1) is 12.5 Å². The zero-order valence-corrected chi connectivity index (χ0v) is 21.4. The number of benzene rings is 3. The number of carbonyl (C=O) groups excluding carboxylic acids is 3. The minimum atomic E-state index is -1.24. The Hall–Kier alpha value is -4.01. The maximum Gasteiger partial charge on any atom is 0.436 e. The van der Waals surface area contributed by atoms with Gasteiger partial charge in [-0.05, 0) is 36.1 Å². The Morgan fingerprint density at radius 2 is 1.55 bits per heavy atom. The SMILES string of the molecule is COc1cccc(CCC(COC(=O)C(=O)ON2CCNCC2)(C(=O)c2ccccc2)c2ccccc2)c1. The smallest absolute Gasteiger partial charge is 0.436 e. The van der Waals surface area contributed by atoms with Crippen LogP contribution in [0.1, 0.15) is 27.9 Å². The van der Waals surface area contributed by atoms with Crippen molar-refractivity contribution in [2.45, 2.75) is 18.3 Å². The van der Waals surface area contributed by atoms with Gasteiger partial charge in [-0.25, -0.2) is 9.59 Å². The molecule has 1 N–H and O–H groups in total. The van der Waals surface area contributed by atoms with Gasteiger partial charge in [-0.3, -0.25) is 4.79 Å². The van der Waals surface area contributed by atoms with E-state index in [0.717, 1.165) is 5.56 Å². The van der Waals surface area contributed by atoms with Gasteiger partial charge in [0.25, 0.3) is 0 Å². The molecule has 0 saturated carbocycles. The summed E-state index contributed by atoms with van der Waals surface area (Å²) in [5.41, 5.74) is 0.910. The van der Waals surface area contributed by atoms with Gasteiger partial charge < -0.3 is 19.6 Å². The number of nitrogens with zero attached hydrogens (tertiary/aromatic N) is 1. The average Bonchev–Trinajstić information content (AvgIpc) is 2.98. The summed E-state index contributed by atoms with van der Waals surface area (Å²) in [5, 5.41) is 4.58. The number of hydroxylamine groups is 2. The van der Waals surface area contributed by atoms with Gasteiger partial charge in [0, 0.05) is 31.7 Å². The lowest BCUT2D eigenvalue weighted by molar-refractivity contribution is -0.202. The highest BCUT2D eigenvalue weighted by atomic mass is 16.7. The van der Waals surface area contributed by atoms with Crippen LogP contribution in [0.25, 0.3) is 0 Å². The normalized spacial score (nSPS) is 15.2. The van der Waals surface area contributed by atoms with E-state index < -0.39 is 17.4 Å². The van der Waals surface area contributed by atoms with Crippen LogP contribution in [-0.4, -0.2) is 62.7 Å². The van der Waals surface area contributed by atoms with E-state index in [2.05, 4.69) is 5.32 Å². The number of ether oxygens (including phenoxy) is 2. The van der Waals surface area contributed by atoms with Crippen LogP contribution in [0.2, 0.25) is 0 Å². The van der Waals surface area contributed by atoms with Crippen molar-refractivity contribution >= 4 is 17.7 Å². The van der Waals surface area contributed by atoms with Crippen LogP contribution in [0.5, 0.6) is 5.75 Å². The first kappa shape index (κ1) is 27.0. The molecular weight excluding hydrogens is 484 g/mol. The summed E-state index contributed by atoms with van der Waals surface area (Å²) in [5.74, 6) is -1.72. The highest BCUT2D eigenvalue weighted by molar-refractivity contribution is 6.29. The number of esters is 1. The fourth-order valence-electron chi connectivity index (χ4n) is 4.56. The monoisotopic (exact) mass is 516 g/mol. The average molecular weight is 517 g/mol. The number of piperazine rings is 1. The summed E-state index contributed by atoms with van der Waals surface area (Å²) in [4.78, 5) is 44.6. The van der Waals surface area contributed by atoms with Gasteiger partial charge >= 0.3 is 11.9 Å². The first-order valence-corrected chi connectivity index (χ1v) is 12.6. The van der Waals surface area contributed by atoms with E-state index >= 15 is 0 Å². The van der Waals surface area contributed by atoms with Crippen LogP contribution in [0.15, 0.2) is 84.9 Å². The summed E-state index contributed by atoms with van der Waals surface area (Å²) in [6.07, 6.45) is 0.839. The molecule has 38 heavy (non-hydrogen) atoms. The van der Waals surface area contributed by atoms with Crippen molar-refractivity contribution in [1.82, 2.24) is 10.4 Å². The molecule has 0 spiro atoms. The maximum absolute atomic E-state index is 14.2. The van der Waals surface area contributed by atoms with Crippen molar-refractivity contribution in [3.8, 4) is 5.75 Å². The number of nitrogens with one attached hydrogen (secondary N) is 1. The summed E-state index contributed by atoms with van der Waals surface area (Å²) < 4.78 is 10.9. The topological polar surface area (TPSA) is 94.2 Å². The number of methoxy groups -OCH3 is 1. The molecule has 1 fully saturated rings. The van der Waals surface area contributed by atoms with Crippen LogP contribution < -0.4 is 10.1 Å². The van der Waals surface area contributed by atoms with E-state index in [1.54, 1.807) is 31.4 Å². The third-order valence-corrected chi connectivity index (χ3v) is 6.68. The van der Waals surface area contributed by atoms with Crippen LogP contribution in [0.3, 0.4) is 0 Å². The van der Waals surface area contributed by atoms with Gasteiger partial charge in [0.1, 0.15) is 12.4 Å². The van der Waals surface area contributed by atoms with Gasteiger partial charge in [0.15, 0.2) is 5.78 Å². The molecule has 4 rings (SSSR count). The zero-order chi connectivity index (χ0) is 26.8. The Morgan fingerprint density at radius 1 is 0.868 bits per heavy atom. The van der Waals surface area contributed by atoms with Gasteiger partial charge in [-0.15, -0.1) is 5.06 Å². The second-order valence-corrected chi connectivity index (χ2v) is 9.13. The van der Waals surface area contributed by atoms with Crippen LogP contribution in [-0.2, 0) is 31.0 Å². The van der Waals surface area contributed by atoms with Crippen molar-refractivity contribution in [3.05, 3.63) is 102 Å². The second-order valence-electron chi connectivity index (χ2n) is 9.13. The molecule has 1 saturated heterocycles. The van der Waals surface area contributed by atoms with E-state index in [1.165, 1.54) is 5.06 Å². The molecule has 0 radical (unpaired) electrons. The molecule has 0 aliphatic carbocycles. The molecule has 8 heteroatoms. The van der Waals surface area contributed by atoms with Gasteiger partial charge in [-0.1, -0.05) is 72.8 Å². The summed E-state index contributed by atoms with van der Waals surface area (Å²) >= 11 is 0. The molecule has 1 heterocycles. The molecular formula is C30H32N2O6. The number of carbonyl (C=O) groups is 3. The number of Topliss-reactive ketones (excluding diaryl/α,β-unsaturated/α-hetero) is 1. The van der Waals surface area contributed by atoms with Crippen molar-refractivity contribution in [1.29, 1.82) is 0 Å². The van der Waals surface area contributed by atoms with E-state index in [0.29, 0.717) is 55.9 Å². The molecule has 0 bridgehead atoms. The second kappa shape index (κ2) is 13.0. The minimum absolute atomic E-state index is 0.199. The van der Waals surface area contributed by atoms with Crippen molar-refractivity contribution in [2.75, 3.05) is 39.9 Å². The molecule has 0 amide bonds. The number of ketones is 1. The van der Waals surface area contributed by atoms with Crippen molar-refractivity contribution in [3.63, 3.8) is 0 Å². The van der Waals surface area contributed by atoms with Crippen LogP contribution in [0.4, 0.5) is 0 Å². The summed E-state index contributed by atoms with van der Waals surface area (Å²) in [6.45, 7) is 1.93. The molecule has 1 atom stereocenters. The van der Waals surface area contributed by atoms with Gasteiger partial charge in [0.2, 0.25) is 0 Å². The summed E-state index contributed by atoms with van der Waals surface area (Å²) in [7, 11) is 1.60. The third kappa shape index (κ3) is 6.65. The Bertz CT molecular complexity index is 1230. The zero-order valence-electron chi connectivity index (χ0n) is 21.4. The standard InChI is InChI=1S/C30H32N2O6/c1-36-26-14-8-9-23(21-26)15-16-30(25-12-6-3-7-13-25,27(33)24-10-4-2-5-11-24)22-37-28(34)29(35)38-32-19-17-31-18-20-32/h2-14,21,31H,15-20,22H2,1H3. The molecule has 1 aliphatic rings. The Kier molecular flexibility index (Phi) is 9.24. The Labute approximate surface area is 222 Å². The third-order valence-electron chi connectivity index (χ3n) is 6.68. The molecule has 0 aromatic heterocycles. The summed E-state index contributed by atoms with van der Waals surface area (Å²) in [6, 6.07) is 25.8. The highest BCUT2D eigenvalue weighted by Crippen LogP contribution is 2.35.